The van der Waals surface area contributed by atoms with E-state index in [1.165, 1.54) is 0 Å². The lowest BCUT2D eigenvalue weighted by molar-refractivity contribution is -0.197. The Hall–Kier alpha value is -0.530. The van der Waals surface area contributed by atoms with E-state index >= 15 is 0 Å². The number of alkyl halides is 1. The van der Waals surface area contributed by atoms with E-state index in [0.29, 0.717) is 92.5 Å². The molecule has 0 heterocycles. The summed E-state index contributed by atoms with van der Waals surface area (Å²) in [6.07, 6.45) is -0.174. The van der Waals surface area contributed by atoms with E-state index in [1.54, 1.807) is 20.8 Å². The molecule has 0 unspecified atom stereocenters. The third-order valence-electron chi connectivity index (χ3n) is 4.57. The van der Waals surface area contributed by atoms with Gasteiger partial charge in [-0.25, -0.2) is 0 Å². The Morgan fingerprint density at radius 2 is 0.762 bits per heavy atom. The number of esters is 1. The number of halogens is 1. The Morgan fingerprint density at radius 3 is 1.02 bits per heavy atom. The summed E-state index contributed by atoms with van der Waals surface area (Å²) in [5.41, 5.74) is -0.644. The van der Waals surface area contributed by atoms with Crippen LogP contribution >= 0.6 is 15.9 Å². The van der Waals surface area contributed by atoms with Crippen molar-refractivity contribution in [3.8, 4) is 0 Å². The molecule has 0 atom stereocenters. The molecule has 0 bridgehead atoms. The second-order valence-electron chi connectivity index (χ2n) is 9.47. The summed E-state index contributed by atoms with van der Waals surface area (Å²) in [5, 5.41) is 17.2. The van der Waals surface area contributed by atoms with Crippen LogP contribution in [0.15, 0.2) is 0 Å². The molecule has 0 aromatic carbocycles. The van der Waals surface area contributed by atoms with Crippen molar-refractivity contribution in [2.24, 2.45) is 0 Å². The quantitative estimate of drug-likeness (QED) is 0.0447. The highest BCUT2D eigenvalue weighted by atomic mass is 79.9. The molecule has 0 rings (SSSR count). The lowest BCUT2D eigenvalue weighted by Gasteiger charge is -2.29. The summed E-state index contributed by atoms with van der Waals surface area (Å²) in [6, 6.07) is 0. The van der Waals surface area contributed by atoms with E-state index in [-0.39, 0.29) is 46.1 Å². The molecule has 0 radical (unpaired) electrons. The summed E-state index contributed by atoms with van der Waals surface area (Å²) < 4.78 is 58.4. The molecule has 0 aliphatic carbocycles. The van der Waals surface area contributed by atoms with Crippen molar-refractivity contribution in [3.05, 3.63) is 0 Å². The molecule has 0 fully saturated rings. The zero-order valence-electron chi connectivity index (χ0n) is 25.5. The summed E-state index contributed by atoms with van der Waals surface area (Å²) in [6.45, 7) is 11.8. The van der Waals surface area contributed by atoms with Gasteiger partial charge in [0.25, 0.3) is 0 Å². The van der Waals surface area contributed by atoms with Gasteiger partial charge in [0, 0.05) is 0 Å². The Balaban J connectivity index is 4.04. The average Bonchev–Trinajstić information content (AvgIpc) is 2.92. The molecular formula is C27H53BrO14. The van der Waals surface area contributed by atoms with Crippen LogP contribution in [-0.2, 0) is 56.9 Å². The number of carbonyl (C=O) groups excluding carboxylic acids is 1. The number of rotatable bonds is 32. The minimum atomic E-state index is -1.40. The first-order valence-corrected chi connectivity index (χ1v) is 15.0. The molecule has 0 spiro atoms. The fourth-order valence-corrected chi connectivity index (χ4v) is 3.41. The highest BCUT2D eigenvalue weighted by Gasteiger charge is 2.34. The molecule has 0 saturated heterocycles. The van der Waals surface area contributed by atoms with Crippen molar-refractivity contribution >= 4 is 21.9 Å². The summed E-state index contributed by atoms with van der Waals surface area (Å²) >= 11 is 3.39. The van der Waals surface area contributed by atoms with Crippen LogP contribution in [0.5, 0.6) is 0 Å². The number of aliphatic hydroxyl groups is 2. The number of carbonyl (C=O) groups is 1. The van der Waals surface area contributed by atoms with Gasteiger partial charge in [-0.1, -0.05) is 0 Å². The van der Waals surface area contributed by atoms with Crippen LogP contribution in [0.4, 0.5) is 0 Å². The van der Waals surface area contributed by atoms with E-state index in [9.17, 15) is 4.79 Å². The van der Waals surface area contributed by atoms with Crippen molar-refractivity contribution in [3.63, 3.8) is 0 Å². The first-order chi connectivity index (χ1) is 20.2. The van der Waals surface area contributed by atoms with E-state index in [4.69, 9.17) is 62.3 Å². The van der Waals surface area contributed by atoms with Crippen LogP contribution in [0, 0.1) is 0 Å². The molecule has 0 aliphatic rings. The smallest absolute Gasteiger partial charge is 0.312 e. The minimum Gasteiger partial charge on any atom is -0.460 e. The van der Waals surface area contributed by atoms with Crippen LogP contribution in [0.1, 0.15) is 27.2 Å². The Morgan fingerprint density at radius 1 is 0.500 bits per heavy atom. The second-order valence-corrected chi connectivity index (χ2v) is 10.7. The fraction of sp³-hybridized carbons (Fsp3) is 0.963. The Labute approximate surface area is 258 Å². The zero-order chi connectivity index (χ0) is 31.2. The van der Waals surface area contributed by atoms with E-state index in [1.807, 2.05) is 0 Å². The van der Waals surface area contributed by atoms with Gasteiger partial charge in [0.2, 0.25) is 4.70 Å². The normalized spacial score (nSPS) is 12.2. The van der Waals surface area contributed by atoms with Gasteiger partial charge in [-0.05, 0) is 36.7 Å². The van der Waals surface area contributed by atoms with Gasteiger partial charge < -0.3 is 62.3 Å². The van der Waals surface area contributed by atoms with Crippen molar-refractivity contribution in [2.75, 3.05) is 132 Å². The number of aliphatic hydroxyl groups excluding tert-OH is 2. The lowest BCUT2D eigenvalue weighted by Crippen LogP contribution is -2.37. The topological polar surface area (TPSA) is 159 Å². The van der Waals surface area contributed by atoms with Crippen LogP contribution in [0.25, 0.3) is 0 Å². The summed E-state index contributed by atoms with van der Waals surface area (Å²) in [7, 11) is 0. The molecular weight excluding hydrogens is 628 g/mol. The molecule has 2 N–H and O–H groups in total. The Kier molecular flexibility index (Phi) is 28.8. The van der Waals surface area contributed by atoms with Gasteiger partial charge in [-0.15, -0.1) is 0 Å². The molecule has 0 aromatic rings. The van der Waals surface area contributed by atoms with Gasteiger partial charge in [-0.2, -0.15) is 0 Å². The van der Waals surface area contributed by atoms with E-state index < -0.39 is 16.3 Å². The molecule has 14 nitrogen and oxygen atoms in total. The van der Waals surface area contributed by atoms with E-state index in [2.05, 4.69) is 15.9 Å². The number of ether oxygens (including phenoxy) is 11. The zero-order valence-corrected chi connectivity index (χ0v) is 27.1. The first kappa shape index (κ1) is 41.5. The minimum absolute atomic E-state index is 0.00309. The van der Waals surface area contributed by atoms with Crippen molar-refractivity contribution in [1.82, 2.24) is 0 Å². The van der Waals surface area contributed by atoms with Gasteiger partial charge in [0.1, 0.15) is 12.0 Å². The SMILES string of the molecule is CC(C)(C)OC(=O)CC(Br)(OCCOCCOCCOCCOCCO)OCCOCCOCCOCCOCCO. The lowest BCUT2D eigenvalue weighted by atomic mass is 10.2. The van der Waals surface area contributed by atoms with Crippen LogP contribution in [0.3, 0.4) is 0 Å². The maximum Gasteiger partial charge on any atom is 0.312 e. The highest BCUT2D eigenvalue weighted by Crippen LogP contribution is 2.27. The molecule has 0 aromatic heterocycles. The van der Waals surface area contributed by atoms with Crippen molar-refractivity contribution in [2.45, 2.75) is 37.5 Å². The first-order valence-electron chi connectivity index (χ1n) is 14.2. The van der Waals surface area contributed by atoms with Crippen LogP contribution in [0.2, 0.25) is 0 Å². The maximum absolute atomic E-state index is 12.4. The van der Waals surface area contributed by atoms with Gasteiger partial charge in [0.15, 0.2) is 0 Å². The Bertz CT molecular complexity index is 562. The predicted octanol–water partition coefficient (Wildman–Crippen LogP) is 0.918. The summed E-state index contributed by atoms with van der Waals surface area (Å²) in [4.78, 5) is 12.4. The van der Waals surface area contributed by atoms with Crippen molar-refractivity contribution in [1.29, 1.82) is 0 Å². The van der Waals surface area contributed by atoms with Crippen molar-refractivity contribution < 1.29 is 67.1 Å². The maximum atomic E-state index is 12.4. The van der Waals surface area contributed by atoms with Gasteiger partial charge in [0.05, 0.1) is 132 Å². The molecule has 252 valence electrons. The summed E-state index contributed by atoms with van der Waals surface area (Å²) in [5.74, 6) is -0.479. The third-order valence-corrected chi connectivity index (χ3v) is 5.31. The highest BCUT2D eigenvalue weighted by molar-refractivity contribution is 9.10. The molecule has 0 aliphatic heterocycles. The van der Waals surface area contributed by atoms with Crippen LogP contribution in [-0.4, -0.2) is 159 Å². The molecule has 15 heteroatoms. The monoisotopic (exact) mass is 680 g/mol. The standard InChI is InChI=1S/C27H53BrO14/c1-26(2,3)42-25(31)24-27(28,40-22-20-38-18-16-36-14-12-34-10-8-32-6-4-29)41-23-21-39-19-17-37-15-13-35-11-9-33-7-5-30/h29-30H,4-24H2,1-3H3. The number of hydrogen-bond donors (Lipinski definition) is 2. The number of hydrogen-bond acceptors (Lipinski definition) is 14. The molecule has 42 heavy (non-hydrogen) atoms. The van der Waals surface area contributed by atoms with Gasteiger partial charge >= 0.3 is 5.97 Å². The largest absolute Gasteiger partial charge is 0.460 e. The predicted molar refractivity (Wildman–Crippen MR) is 155 cm³/mol. The average molecular weight is 682 g/mol. The fourth-order valence-electron chi connectivity index (χ4n) is 2.85. The third kappa shape index (κ3) is 30.9. The van der Waals surface area contributed by atoms with Gasteiger partial charge in [-0.3, -0.25) is 4.79 Å². The molecule has 0 amide bonds. The van der Waals surface area contributed by atoms with Crippen LogP contribution < -0.4 is 0 Å². The molecule has 0 saturated carbocycles. The van der Waals surface area contributed by atoms with E-state index in [0.717, 1.165) is 0 Å². The second kappa shape index (κ2) is 29.2.